The molecular formula is C34H32N2O3. The fourth-order valence-electron chi connectivity index (χ4n) is 4.67. The van der Waals surface area contributed by atoms with Crippen LogP contribution in [0.2, 0.25) is 0 Å². The third-order valence-electron chi connectivity index (χ3n) is 6.69. The Morgan fingerprint density at radius 3 is 2.10 bits per heavy atom. The Balaban J connectivity index is 1.14. The monoisotopic (exact) mass is 516 g/mol. The number of phenols is 2. The third kappa shape index (κ3) is 6.85. The first kappa shape index (κ1) is 26.0. The summed E-state index contributed by atoms with van der Waals surface area (Å²) in [7, 11) is 0. The normalized spacial score (nSPS) is 11.7. The SMILES string of the molecule is Oc1cccc(-c2cc(O)ccc2C(O)CNCCc2ccc(Nc3cccc(-c4ccccc4)c3)cc2)c1. The van der Waals surface area contributed by atoms with Gasteiger partial charge in [0.15, 0.2) is 0 Å². The summed E-state index contributed by atoms with van der Waals surface area (Å²) < 4.78 is 0. The number of anilines is 2. The molecule has 5 N–H and O–H groups in total. The van der Waals surface area contributed by atoms with E-state index < -0.39 is 6.10 Å². The van der Waals surface area contributed by atoms with Crippen LogP contribution in [0.5, 0.6) is 11.5 Å². The second-order valence-electron chi connectivity index (χ2n) is 9.56. The fraction of sp³-hybridized carbons (Fsp3) is 0.118. The van der Waals surface area contributed by atoms with Gasteiger partial charge in [0.1, 0.15) is 11.5 Å². The lowest BCUT2D eigenvalue weighted by molar-refractivity contribution is 0.175. The Kier molecular flexibility index (Phi) is 8.22. The molecule has 0 radical (unpaired) electrons. The van der Waals surface area contributed by atoms with Crippen LogP contribution < -0.4 is 10.6 Å². The zero-order chi connectivity index (χ0) is 27.0. The summed E-state index contributed by atoms with van der Waals surface area (Å²) >= 11 is 0. The number of rotatable bonds is 10. The summed E-state index contributed by atoms with van der Waals surface area (Å²) in [6, 6.07) is 38.8. The Labute approximate surface area is 229 Å². The summed E-state index contributed by atoms with van der Waals surface area (Å²) in [6.45, 7) is 1.08. The van der Waals surface area contributed by atoms with E-state index in [-0.39, 0.29) is 11.5 Å². The quantitative estimate of drug-likeness (QED) is 0.129. The maximum absolute atomic E-state index is 10.9. The Morgan fingerprint density at radius 1 is 0.590 bits per heavy atom. The molecule has 0 bridgehead atoms. The molecule has 0 aromatic heterocycles. The number of aliphatic hydroxyl groups excluding tert-OH is 1. The lowest BCUT2D eigenvalue weighted by Crippen LogP contribution is -2.24. The molecule has 0 saturated carbocycles. The van der Waals surface area contributed by atoms with Crippen LogP contribution in [0, 0.1) is 0 Å². The number of phenolic OH excluding ortho intramolecular Hbond substituents is 2. The molecule has 5 aromatic rings. The molecule has 39 heavy (non-hydrogen) atoms. The molecule has 0 aliphatic rings. The summed E-state index contributed by atoms with van der Waals surface area (Å²) in [4.78, 5) is 0. The summed E-state index contributed by atoms with van der Waals surface area (Å²) in [5.74, 6) is 0.246. The molecule has 1 atom stereocenters. The highest BCUT2D eigenvalue weighted by Gasteiger charge is 2.15. The van der Waals surface area contributed by atoms with Gasteiger partial charge in [0.2, 0.25) is 0 Å². The minimum absolute atomic E-state index is 0.110. The molecule has 5 nitrogen and oxygen atoms in total. The van der Waals surface area contributed by atoms with Crippen LogP contribution in [-0.4, -0.2) is 28.4 Å². The molecule has 0 aliphatic heterocycles. The van der Waals surface area contributed by atoms with Gasteiger partial charge < -0.3 is 26.0 Å². The molecule has 5 rings (SSSR count). The van der Waals surface area contributed by atoms with E-state index in [0.29, 0.717) is 24.2 Å². The predicted molar refractivity (Wildman–Crippen MR) is 158 cm³/mol. The van der Waals surface area contributed by atoms with Crippen LogP contribution in [0.4, 0.5) is 11.4 Å². The van der Waals surface area contributed by atoms with E-state index in [1.165, 1.54) is 16.7 Å². The van der Waals surface area contributed by atoms with Crippen molar-refractivity contribution in [2.75, 3.05) is 18.4 Å². The lowest BCUT2D eigenvalue weighted by Gasteiger charge is -2.17. The topological polar surface area (TPSA) is 84.8 Å². The minimum atomic E-state index is -0.763. The van der Waals surface area contributed by atoms with Gasteiger partial charge >= 0.3 is 0 Å². The van der Waals surface area contributed by atoms with Crippen molar-refractivity contribution in [1.29, 1.82) is 0 Å². The van der Waals surface area contributed by atoms with Crippen molar-refractivity contribution in [3.05, 3.63) is 132 Å². The Bertz CT molecular complexity index is 1520. The standard InChI is InChI=1S/C34H32N2O3/c37-30-11-5-9-27(21-30)33-22-31(38)16-17-32(33)34(39)23-35-19-18-24-12-14-28(15-13-24)36-29-10-4-8-26(20-29)25-6-2-1-3-7-25/h1-17,20-22,34-39H,18-19,23H2. The molecule has 0 saturated heterocycles. The van der Waals surface area contributed by atoms with Gasteiger partial charge in [-0.25, -0.2) is 0 Å². The maximum Gasteiger partial charge on any atom is 0.116 e. The van der Waals surface area contributed by atoms with Crippen LogP contribution in [0.15, 0.2) is 121 Å². The van der Waals surface area contributed by atoms with Gasteiger partial charge in [0.25, 0.3) is 0 Å². The van der Waals surface area contributed by atoms with E-state index in [2.05, 4.69) is 71.3 Å². The van der Waals surface area contributed by atoms with Crippen molar-refractivity contribution in [3.8, 4) is 33.8 Å². The number of hydrogen-bond acceptors (Lipinski definition) is 5. The first-order valence-electron chi connectivity index (χ1n) is 13.1. The fourth-order valence-corrected chi connectivity index (χ4v) is 4.67. The van der Waals surface area contributed by atoms with Crippen LogP contribution in [-0.2, 0) is 6.42 Å². The molecule has 0 fully saturated rings. The molecule has 196 valence electrons. The van der Waals surface area contributed by atoms with Crippen LogP contribution in [0.1, 0.15) is 17.2 Å². The molecule has 1 unspecified atom stereocenters. The number of hydrogen-bond donors (Lipinski definition) is 5. The first-order valence-corrected chi connectivity index (χ1v) is 13.1. The van der Waals surface area contributed by atoms with E-state index >= 15 is 0 Å². The van der Waals surface area contributed by atoms with Crippen molar-refractivity contribution >= 4 is 11.4 Å². The van der Waals surface area contributed by atoms with Crippen molar-refractivity contribution in [2.24, 2.45) is 0 Å². The summed E-state index contributed by atoms with van der Waals surface area (Å²) in [6.07, 6.45) is 0.0621. The van der Waals surface area contributed by atoms with Gasteiger partial charge in [-0.3, -0.25) is 0 Å². The minimum Gasteiger partial charge on any atom is -0.508 e. The van der Waals surface area contributed by atoms with Crippen molar-refractivity contribution in [1.82, 2.24) is 5.32 Å². The van der Waals surface area contributed by atoms with Crippen molar-refractivity contribution in [2.45, 2.75) is 12.5 Å². The third-order valence-corrected chi connectivity index (χ3v) is 6.69. The molecule has 0 aliphatic carbocycles. The molecule has 5 aromatic carbocycles. The van der Waals surface area contributed by atoms with Crippen molar-refractivity contribution in [3.63, 3.8) is 0 Å². The highest BCUT2D eigenvalue weighted by molar-refractivity contribution is 5.72. The van der Waals surface area contributed by atoms with Gasteiger partial charge in [-0.2, -0.15) is 0 Å². The van der Waals surface area contributed by atoms with Crippen molar-refractivity contribution < 1.29 is 15.3 Å². The van der Waals surface area contributed by atoms with Gasteiger partial charge in [-0.15, -0.1) is 0 Å². The second kappa shape index (κ2) is 12.3. The highest BCUT2D eigenvalue weighted by Crippen LogP contribution is 2.33. The molecule has 0 amide bonds. The van der Waals surface area contributed by atoms with E-state index in [1.54, 1.807) is 36.4 Å². The van der Waals surface area contributed by atoms with Gasteiger partial charge in [-0.1, -0.05) is 72.8 Å². The summed E-state index contributed by atoms with van der Waals surface area (Å²) in [5, 5.41) is 37.5. The first-order chi connectivity index (χ1) is 19.0. The van der Waals surface area contributed by atoms with Crippen LogP contribution >= 0.6 is 0 Å². The molecular weight excluding hydrogens is 484 g/mol. The van der Waals surface area contributed by atoms with E-state index in [4.69, 9.17) is 0 Å². The number of nitrogens with one attached hydrogen (secondary N) is 2. The van der Waals surface area contributed by atoms with E-state index in [1.807, 2.05) is 24.3 Å². The predicted octanol–water partition coefficient (Wildman–Crippen LogP) is 7.04. The molecule has 0 heterocycles. The van der Waals surface area contributed by atoms with E-state index in [0.717, 1.165) is 23.4 Å². The zero-order valence-electron chi connectivity index (χ0n) is 21.6. The largest absolute Gasteiger partial charge is 0.508 e. The second-order valence-corrected chi connectivity index (χ2v) is 9.56. The number of aliphatic hydroxyl groups is 1. The van der Waals surface area contributed by atoms with Gasteiger partial charge in [0, 0.05) is 17.9 Å². The van der Waals surface area contributed by atoms with Crippen LogP contribution in [0.25, 0.3) is 22.3 Å². The average Bonchev–Trinajstić information content (AvgIpc) is 2.96. The smallest absolute Gasteiger partial charge is 0.116 e. The van der Waals surface area contributed by atoms with Gasteiger partial charge in [-0.05, 0) is 94.9 Å². The van der Waals surface area contributed by atoms with Crippen LogP contribution in [0.3, 0.4) is 0 Å². The number of aromatic hydroxyl groups is 2. The molecule has 5 heteroatoms. The zero-order valence-corrected chi connectivity index (χ0v) is 21.6. The van der Waals surface area contributed by atoms with Gasteiger partial charge in [0.05, 0.1) is 6.10 Å². The number of benzene rings is 5. The lowest BCUT2D eigenvalue weighted by atomic mass is 9.95. The highest BCUT2D eigenvalue weighted by atomic mass is 16.3. The summed E-state index contributed by atoms with van der Waals surface area (Å²) in [5.41, 5.74) is 7.75. The Hall–Kier alpha value is -4.58. The van der Waals surface area contributed by atoms with E-state index in [9.17, 15) is 15.3 Å². The maximum atomic E-state index is 10.9. The molecule has 0 spiro atoms. The Morgan fingerprint density at radius 2 is 1.31 bits per heavy atom. The average molecular weight is 517 g/mol.